The van der Waals surface area contributed by atoms with Crippen LogP contribution in [0.3, 0.4) is 0 Å². The summed E-state index contributed by atoms with van der Waals surface area (Å²) in [6, 6.07) is 0.194. The third-order valence-corrected chi connectivity index (χ3v) is 3.84. The zero-order chi connectivity index (χ0) is 13.6. The molecule has 0 aromatic heterocycles. The van der Waals surface area contributed by atoms with Crippen LogP contribution < -0.4 is 10.6 Å². The topological polar surface area (TPSA) is 61.4 Å². The van der Waals surface area contributed by atoms with E-state index in [1.54, 1.807) is 0 Å². The van der Waals surface area contributed by atoms with Crippen LogP contribution in [-0.4, -0.2) is 35.7 Å². The van der Waals surface area contributed by atoms with Gasteiger partial charge in [0.05, 0.1) is 6.61 Å². The van der Waals surface area contributed by atoms with E-state index < -0.39 is 0 Å². The lowest BCUT2D eigenvalue weighted by Gasteiger charge is -2.39. The zero-order valence-corrected chi connectivity index (χ0v) is 12.0. The summed E-state index contributed by atoms with van der Waals surface area (Å²) in [6.45, 7) is 7.00. The summed E-state index contributed by atoms with van der Waals surface area (Å²) in [4.78, 5) is 11.5. The molecule has 0 spiro atoms. The Labute approximate surface area is 111 Å². The third-order valence-electron chi connectivity index (χ3n) is 3.84. The summed E-state index contributed by atoms with van der Waals surface area (Å²) in [6.07, 6.45) is 4.82. The van der Waals surface area contributed by atoms with Crippen molar-refractivity contribution >= 4 is 5.91 Å². The van der Waals surface area contributed by atoms with Crippen molar-refractivity contribution in [3.63, 3.8) is 0 Å². The average Bonchev–Trinajstić information content (AvgIpc) is 2.31. The first kappa shape index (κ1) is 15.4. The van der Waals surface area contributed by atoms with Crippen molar-refractivity contribution in [2.75, 3.05) is 13.2 Å². The van der Waals surface area contributed by atoms with Gasteiger partial charge >= 0.3 is 0 Å². The molecule has 1 saturated carbocycles. The van der Waals surface area contributed by atoms with Gasteiger partial charge in [-0.15, -0.1) is 0 Å². The molecule has 0 atom stereocenters. The molecule has 1 amide bonds. The third kappa shape index (κ3) is 4.94. The summed E-state index contributed by atoms with van der Waals surface area (Å²) in [5, 5.41) is 15.9. The van der Waals surface area contributed by atoms with Gasteiger partial charge in [-0.3, -0.25) is 4.79 Å². The quantitative estimate of drug-likeness (QED) is 0.674. The number of rotatable bonds is 6. The Bertz CT molecular complexity index is 259. The van der Waals surface area contributed by atoms with E-state index in [1.165, 1.54) is 0 Å². The summed E-state index contributed by atoms with van der Waals surface area (Å²) < 4.78 is 0. The first-order valence-corrected chi connectivity index (χ1v) is 7.13. The van der Waals surface area contributed by atoms with Gasteiger partial charge in [-0.2, -0.15) is 0 Å². The molecule has 1 fully saturated rings. The lowest BCUT2D eigenvalue weighted by atomic mass is 9.77. The van der Waals surface area contributed by atoms with Crippen LogP contribution in [0, 0.1) is 5.92 Å². The van der Waals surface area contributed by atoms with E-state index >= 15 is 0 Å². The van der Waals surface area contributed by atoms with Crippen molar-refractivity contribution < 1.29 is 9.90 Å². The van der Waals surface area contributed by atoms with Crippen molar-refractivity contribution in [3.05, 3.63) is 0 Å². The number of carbonyl (C=O) groups is 1. The maximum atomic E-state index is 11.5. The monoisotopic (exact) mass is 256 g/mol. The van der Waals surface area contributed by atoms with Crippen LogP contribution in [0.2, 0.25) is 0 Å². The van der Waals surface area contributed by atoms with Gasteiger partial charge in [-0.25, -0.2) is 0 Å². The highest BCUT2D eigenvalue weighted by atomic mass is 16.3. The summed E-state index contributed by atoms with van der Waals surface area (Å²) in [7, 11) is 0. The Morgan fingerprint density at radius 2 is 2.00 bits per heavy atom. The van der Waals surface area contributed by atoms with Gasteiger partial charge in [-0.1, -0.05) is 6.92 Å². The molecular formula is C14H28N2O2. The van der Waals surface area contributed by atoms with Gasteiger partial charge in [0.1, 0.15) is 0 Å². The Morgan fingerprint density at radius 1 is 1.39 bits per heavy atom. The van der Waals surface area contributed by atoms with Gasteiger partial charge in [0.2, 0.25) is 5.91 Å². The zero-order valence-electron chi connectivity index (χ0n) is 12.0. The highest BCUT2D eigenvalue weighted by Gasteiger charge is 2.32. The molecule has 0 saturated heterocycles. The van der Waals surface area contributed by atoms with Crippen molar-refractivity contribution in [3.8, 4) is 0 Å². The normalized spacial score (nSPS) is 28.4. The fraction of sp³-hybridized carbons (Fsp3) is 0.929. The molecule has 0 aliphatic heterocycles. The van der Waals surface area contributed by atoms with Crippen LogP contribution in [0.5, 0.6) is 0 Å². The predicted molar refractivity (Wildman–Crippen MR) is 73.3 cm³/mol. The van der Waals surface area contributed by atoms with Crippen molar-refractivity contribution in [1.29, 1.82) is 0 Å². The van der Waals surface area contributed by atoms with E-state index in [2.05, 4.69) is 17.6 Å². The molecule has 3 N–H and O–H groups in total. The summed E-state index contributed by atoms with van der Waals surface area (Å²) in [5.74, 6) is 0.838. The lowest BCUT2D eigenvalue weighted by molar-refractivity contribution is -0.121. The molecule has 0 aromatic carbocycles. The van der Waals surface area contributed by atoms with E-state index in [0.717, 1.165) is 31.6 Å². The highest BCUT2D eigenvalue weighted by Crippen LogP contribution is 2.31. The summed E-state index contributed by atoms with van der Waals surface area (Å²) in [5.41, 5.74) is -0.148. The molecule has 106 valence electrons. The van der Waals surface area contributed by atoms with Crippen molar-refractivity contribution in [2.24, 2.45) is 5.92 Å². The largest absolute Gasteiger partial charge is 0.394 e. The minimum absolute atomic E-state index is 0.0785. The van der Waals surface area contributed by atoms with Gasteiger partial charge in [0.15, 0.2) is 0 Å². The van der Waals surface area contributed by atoms with Crippen LogP contribution in [0.15, 0.2) is 0 Å². The number of hydrogen-bond acceptors (Lipinski definition) is 3. The second-order valence-corrected chi connectivity index (χ2v) is 6.02. The SMILES string of the molecule is CC1CCC(CO)(NCCC(=O)NC(C)C)CC1. The van der Waals surface area contributed by atoms with E-state index in [0.29, 0.717) is 13.0 Å². The fourth-order valence-corrected chi connectivity index (χ4v) is 2.54. The molecule has 18 heavy (non-hydrogen) atoms. The molecule has 0 unspecified atom stereocenters. The number of amides is 1. The van der Waals surface area contributed by atoms with Crippen LogP contribution in [0.4, 0.5) is 0 Å². The Morgan fingerprint density at radius 3 is 2.50 bits per heavy atom. The van der Waals surface area contributed by atoms with E-state index in [9.17, 15) is 9.90 Å². The first-order valence-electron chi connectivity index (χ1n) is 7.13. The smallest absolute Gasteiger partial charge is 0.221 e. The van der Waals surface area contributed by atoms with E-state index in [-0.39, 0.29) is 24.1 Å². The second kappa shape index (κ2) is 7.10. The van der Waals surface area contributed by atoms with Crippen LogP contribution in [-0.2, 0) is 4.79 Å². The average molecular weight is 256 g/mol. The molecule has 1 aliphatic carbocycles. The van der Waals surface area contributed by atoms with E-state index in [4.69, 9.17) is 0 Å². The molecule has 0 aromatic rings. The minimum Gasteiger partial charge on any atom is -0.394 e. The molecule has 4 nitrogen and oxygen atoms in total. The van der Waals surface area contributed by atoms with Gasteiger partial charge < -0.3 is 15.7 Å². The van der Waals surface area contributed by atoms with Gasteiger partial charge in [0.25, 0.3) is 0 Å². The Balaban J connectivity index is 2.29. The predicted octanol–water partition coefficient (Wildman–Crippen LogP) is 1.43. The molecule has 1 rings (SSSR count). The van der Waals surface area contributed by atoms with Crippen LogP contribution in [0.1, 0.15) is 52.9 Å². The Hall–Kier alpha value is -0.610. The van der Waals surface area contributed by atoms with Crippen molar-refractivity contribution in [2.45, 2.75) is 64.5 Å². The standard InChI is InChI=1S/C14H28N2O2/c1-11(2)16-13(18)6-9-15-14(10-17)7-4-12(3)5-8-14/h11-12,15,17H,4-10H2,1-3H3,(H,16,18). The highest BCUT2D eigenvalue weighted by molar-refractivity contribution is 5.76. The second-order valence-electron chi connectivity index (χ2n) is 6.02. The molecule has 0 heterocycles. The lowest BCUT2D eigenvalue weighted by Crippen LogP contribution is -2.51. The van der Waals surface area contributed by atoms with Crippen LogP contribution >= 0.6 is 0 Å². The minimum atomic E-state index is -0.148. The Kier molecular flexibility index (Phi) is 6.09. The number of aliphatic hydroxyl groups is 1. The fourth-order valence-electron chi connectivity index (χ4n) is 2.54. The first-order chi connectivity index (χ1) is 8.47. The number of carbonyl (C=O) groups excluding carboxylic acids is 1. The van der Waals surface area contributed by atoms with Crippen molar-refractivity contribution in [1.82, 2.24) is 10.6 Å². The van der Waals surface area contributed by atoms with Crippen LogP contribution in [0.25, 0.3) is 0 Å². The molecule has 0 bridgehead atoms. The molecule has 1 aliphatic rings. The van der Waals surface area contributed by atoms with E-state index in [1.807, 2.05) is 13.8 Å². The van der Waals surface area contributed by atoms with Gasteiger partial charge in [0, 0.05) is 24.5 Å². The maximum absolute atomic E-state index is 11.5. The number of hydrogen-bond donors (Lipinski definition) is 3. The number of nitrogens with one attached hydrogen (secondary N) is 2. The molecule has 0 radical (unpaired) electrons. The summed E-state index contributed by atoms with van der Waals surface area (Å²) >= 11 is 0. The maximum Gasteiger partial charge on any atom is 0.221 e. The number of aliphatic hydroxyl groups excluding tert-OH is 1. The molecular weight excluding hydrogens is 228 g/mol. The molecule has 4 heteroatoms. The van der Waals surface area contributed by atoms with Gasteiger partial charge in [-0.05, 0) is 45.4 Å².